The van der Waals surface area contributed by atoms with Crippen LogP contribution >= 0.6 is 0 Å². The van der Waals surface area contributed by atoms with Crippen molar-refractivity contribution in [2.45, 2.75) is 52.0 Å². The molecule has 2 amide bonds. The summed E-state index contributed by atoms with van der Waals surface area (Å²) in [5.41, 5.74) is 1.59. The van der Waals surface area contributed by atoms with Gasteiger partial charge in [0.25, 0.3) is 5.91 Å². The van der Waals surface area contributed by atoms with Crippen molar-refractivity contribution in [2.75, 3.05) is 19.6 Å². The molecule has 1 aromatic heterocycles. The summed E-state index contributed by atoms with van der Waals surface area (Å²) in [5.74, 6) is 0.970. The zero-order valence-corrected chi connectivity index (χ0v) is 13.4. The average Bonchev–Trinajstić information content (AvgIpc) is 3.05. The Labute approximate surface area is 131 Å². The molecule has 1 atom stereocenters. The van der Waals surface area contributed by atoms with Gasteiger partial charge in [-0.05, 0) is 39.5 Å². The second kappa shape index (κ2) is 6.15. The van der Waals surface area contributed by atoms with Crippen molar-refractivity contribution in [3.8, 4) is 0 Å². The predicted octanol–water partition coefficient (Wildman–Crippen LogP) is 2.51. The Morgan fingerprint density at radius 2 is 2.09 bits per heavy atom. The van der Waals surface area contributed by atoms with Gasteiger partial charge in [0.15, 0.2) is 0 Å². The number of likely N-dealkylation sites (tertiary alicyclic amines) is 2. The molecule has 0 bridgehead atoms. The van der Waals surface area contributed by atoms with Crippen molar-refractivity contribution in [3.05, 3.63) is 23.2 Å². The summed E-state index contributed by atoms with van der Waals surface area (Å²) in [6.45, 7) is 6.03. The molecule has 0 aromatic carbocycles. The SMILES string of the molecule is Cc1coc(C)c1C(=O)N1CCCCC1CN1CCCC1=O. The fraction of sp³-hybridized carbons (Fsp3) is 0.647. The fourth-order valence-corrected chi connectivity index (χ4v) is 3.64. The number of hydrogen-bond acceptors (Lipinski definition) is 3. The summed E-state index contributed by atoms with van der Waals surface area (Å²) in [6, 6.07) is 0.136. The minimum atomic E-state index is 0.0556. The van der Waals surface area contributed by atoms with Gasteiger partial charge in [-0.15, -0.1) is 0 Å². The van der Waals surface area contributed by atoms with Crippen LogP contribution in [0.5, 0.6) is 0 Å². The molecule has 0 spiro atoms. The zero-order chi connectivity index (χ0) is 15.7. The molecule has 0 radical (unpaired) electrons. The van der Waals surface area contributed by atoms with E-state index in [1.165, 1.54) is 0 Å². The van der Waals surface area contributed by atoms with E-state index in [0.717, 1.165) is 44.3 Å². The second-order valence-corrected chi connectivity index (χ2v) is 6.44. The monoisotopic (exact) mass is 304 g/mol. The lowest BCUT2D eigenvalue weighted by Crippen LogP contribution is -2.49. The highest BCUT2D eigenvalue weighted by molar-refractivity contribution is 5.96. The minimum Gasteiger partial charge on any atom is -0.469 e. The number of piperidine rings is 1. The Morgan fingerprint density at radius 3 is 2.73 bits per heavy atom. The van der Waals surface area contributed by atoms with E-state index in [1.807, 2.05) is 23.6 Å². The first-order chi connectivity index (χ1) is 10.6. The standard InChI is InChI=1S/C17H24N2O3/c1-12-11-22-13(2)16(12)17(21)19-9-4-3-6-14(19)10-18-8-5-7-15(18)20/h11,14H,3-10H2,1-2H3. The third-order valence-electron chi connectivity index (χ3n) is 4.86. The van der Waals surface area contributed by atoms with Crippen LogP contribution in [0.3, 0.4) is 0 Å². The average molecular weight is 304 g/mol. The molecule has 0 N–H and O–H groups in total. The van der Waals surface area contributed by atoms with Crippen molar-refractivity contribution in [2.24, 2.45) is 0 Å². The predicted molar refractivity (Wildman–Crippen MR) is 82.7 cm³/mol. The molecule has 2 saturated heterocycles. The van der Waals surface area contributed by atoms with Gasteiger partial charge in [-0.1, -0.05) is 0 Å². The van der Waals surface area contributed by atoms with Gasteiger partial charge in [0.1, 0.15) is 5.76 Å². The number of hydrogen-bond donors (Lipinski definition) is 0. The maximum Gasteiger partial charge on any atom is 0.257 e. The van der Waals surface area contributed by atoms with Gasteiger partial charge in [0.2, 0.25) is 5.91 Å². The summed E-state index contributed by atoms with van der Waals surface area (Å²) in [5, 5.41) is 0. The first-order valence-corrected chi connectivity index (χ1v) is 8.21. The van der Waals surface area contributed by atoms with Gasteiger partial charge in [-0.2, -0.15) is 0 Å². The molecule has 1 unspecified atom stereocenters. The Kier molecular flexibility index (Phi) is 4.23. The Balaban J connectivity index is 1.77. The van der Waals surface area contributed by atoms with Crippen LogP contribution in [0.1, 0.15) is 53.8 Å². The first kappa shape index (κ1) is 15.1. The van der Waals surface area contributed by atoms with Crippen LogP contribution in [0.15, 0.2) is 10.7 Å². The summed E-state index contributed by atoms with van der Waals surface area (Å²) in [7, 11) is 0. The smallest absolute Gasteiger partial charge is 0.257 e. The van der Waals surface area contributed by atoms with E-state index in [-0.39, 0.29) is 17.9 Å². The number of nitrogens with zero attached hydrogens (tertiary/aromatic N) is 2. The first-order valence-electron chi connectivity index (χ1n) is 8.21. The lowest BCUT2D eigenvalue weighted by atomic mass is 9.99. The fourth-order valence-electron chi connectivity index (χ4n) is 3.64. The van der Waals surface area contributed by atoms with E-state index < -0.39 is 0 Å². The Bertz CT molecular complexity index is 559. The number of carbonyl (C=O) groups excluding carboxylic acids is 2. The highest BCUT2D eigenvalue weighted by Gasteiger charge is 2.33. The number of carbonyl (C=O) groups is 2. The van der Waals surface area contributed by atoms with Crippen molar-refractivity contribution >= 4 is 11.8 Å². The zero-order valence-electron chi connectivity index (χ0n) is 13.4. The van der Waals surface area contributed by atoms with E-state index in [2.05, 4.69) is 0 Å². The molecular weight excluding hydrogens is 280 g/mol. The van der Waals surface area contributed by atoms with E-state index in [0.29, 0.717) is 24.3 Å². The topological polar surface area (TPSA) is 53.8 Å². The lowest BCUT2D eigenvalue weighted by Gasteiger charge is -2.38. The van der Waals surface area contributed by atoms with Gasteiger partial charge in [-0.25, -0.2) is 0 Å². The summed E-state index contributed by atoms with van der Waals surface area (Å²) in [6.07, 6.45) is 6.38. The van der Waals surface area contributed by atoms with Crippen LogP contribution in [-0.2, 0) is 4.79 Å². The largest absolute Gasteiger partial charge is 0.469 e. The highest BCUT2D eigenvalue weighted by atomic mass is 16.3. The molecule has 3 heterocycles. The number of aryl methyl sites for hydroxylation is 2. The number of furan rings is 1. The molecule has 0 aliphatic carbocycles. The van der Waals surface area contributed by atoms with Crippen molar-refractivity contribution in [1.29, 1.82) is 0 Å². The molecule has 5 nitrogen and oxygen atoms in total. The minimum absolute atomic E-state index is 0.0556. The number of amides is 2. The van der Waals surface area contributed by atoms with Gasteiger partial charge >= 0.3 is 0 Å². The molecular formula is C17H24N2O3. The quantitative estimate of drug-likeness (QED) is 0.862. The van der Waals surface area contributed by atoms with Gasteiger partial charge in [-0.3, -0.25) is 9.59 Å². The van der Waals surface area contributed by atoms with E-state index in [4.69, 9.17) is 4.42 Å². The third kappa shape index (κ3) is 2.76. The molecule has 1 aromatic rings. The van der Waals surface area contributed by atoms with E-state index >= 15 is 0 Å². The van der Waals surface area contributed by atoms with Crippen molar-refractivity contribution in [1.82, 2.24) is 9.80 Å². The molecule has 2 aliphatic heterocycles. The number of rotatable bonds is 3. The van der Waals surface area contributed by atoms with Crippen molar-refractivity contribution in [3.63, 3.8) is 0 Å². The van der Waals surface area contributed by atoms with Gasteiger partial charge in [0.05, 0.1) is 11.8 Å². The molecule has 22 heavy (non-hydrogen) atoms. The Hall–Kier alpha value is -1.78. The van der Waals surface area contributed by atoms with Crippen LogP contribution < -0.4 is 0 Å². The van der Waals surface area contributed by atoms with Crippen LogP contribution in [-0.4, -0.2) is 47.3 Å². The maximum absolute atomic E-state index is 12.9. The summed E-state index contributed by atoms with van der Waals surface area (Å²) < 4.78 is 5.38. The van der Waals surface area contributed by atoms with E-state index in [1.54, 1.807) is 6.26 Å². The van der Waals surface area contributed by atoms with E-state index in [9.17, 15) is 9.59 Å². The van der Waals surface area contributed by atoms with Gasteiger partial charge in [0, 0.05) is 37.7 Å². The van der Waals surface area contributed by atoms with Crippen LogP contribution in [0.25, 0.3) is 0 Å². The maximum atomic E-state index is 12.9. The normalized spacial score (nSPS) is 22.5. The van der Waals surface area contributed by atoms with Crippen molar-refractivity contribution < 1.29 is 14.0 Å². The molecule has 2 aliphatic rings. The van der Waals surface area contributed by atoms with Crippen LogP contribution in [0, 0.1) is 13.8 Å². The van der Waals surface area contributed by atoms with Gasteiger partial charge < -0.3 is 14.2 Å². The molecule has 0 saturated carbocycles. The van der Waals surface area contributed by atoms with Crippen LogP contribution in [0.2, 0.25) is 0 Å². The Morgan fingerprint density at radius 1 is 1.27 bits per heavy atom. The third-order valence-corrected chi connectivity index (χ3v) is 4.86. The summed E-state index contributed by atoms with van der Waals surface area (Å²) in [4.78, 5) is 28.7. The molecule has 5 heteroatoms. The molecule has 120 valence electrons. The lowest BCUT2D eigenvalue weighted by molar-refractivity contribution is -0.128. The summed E-state index contributed by atoms with van der Waals surface area (Å²) >= 11 is 0. The van der Waals surface area contributed by atoms with Crippen LogP contribution in [0.4, 0.5) is 0 Å². The highest BCUT2D eigenvalue weighted by Crippen LogP contribution is 2.25. The molecule has 3 rings (SSSR count). The molecule has 2 fully saturated rings. The second-order valence-electron chi connectivity index (χ2n) is 6.44.